The van der Waals surface area contributed by atoms with Crippen LogP contribution in [0, 0.1) is 0 Å². The van der Waals surface area contributed by atoms with Gasteiger partial charge >= 0.3 is 5.97 Å². The van der Waals surface area contributed by atoms with Gasteiger partial charge in [-0.15, -0.1) is 0 Å². The number of ether oxygens (including phenoxy) is 2. The van der Waals surface area contributed by atoms with Crippen molar-refractivity contribution in [3.8, 4) is 11.5 Å². The van der Waals surface area contributed by atoms with Gasteiger partial charge in [-0.05, 0) is 50.1 Å². The maximum atomic E-state index is 12.4. The molecule has 6 nitrogen and oxygen atoms in total. The molecule has 0 unspecified atom stereocenters. The van der Waals surface area contributed by atoms with Crippen LogP contribution in [-0.2, 0) is 16.2 Å². The van der Waals surface area contributed by atoms with Gasteiger partial charge in [-0.1, -0.05) is 35.9 Å². The van der Waals surface area contributed by atoms with Crippen molar-refractivity contribution in [3.63, 3.8) is 0 Å². The fourth-order valence-corrected chi connectivity index (χ4v) is 2.98. The molecule has 2 rings (SSSR count). The Morgan fingerprint density at radius 2 is 1.77 bits per heavy atom. The minimum absolute atomic E-state index is 0.0791. The van der Waals surface area contributed by atoms with Gasteiger partial charge in [0.05, 0.1) is 0 Å². The number of nitrogens with zero attached hydrogens (tertiary/aromatic N) is 1. The van der Waals surface area contributed by atoms with Crippen LogP contribution in [0.3, 0.4) is 0 Å². The molecule has 0 aliphatic rings. The summed E-state index contributed by atoms with van der Waals surface area (Å²) in [5, 5.41) is 9.56. The molecule has 2 aromatic carbocycles. The van der Waals surface area contributed by atoms with E-state index in [1.54, 1.807) is 35.2 Å². The minimum Gasteiger partial charge on any atom is -0.485 e. The average Bonchev–Trinajstić information content (AvgIpc) is 2.72. The van der Waals surface area contributed by atoms with E-state index in [-0.39, 0.29) is 18.3 Å². The predicted octanol–water partition coefficient (Wildman–Crippen LogP) is 4.65. The Hall–Kier alpha value is -2.99. The van der Waals surface area contributed by atoms with Gasteiger partial charge in [-0.25, -0.2) is 4.79 Å². The number of benzene rings is 2. The second kappa shape index (κ2) is 11.3. The van der Waals surface area contributed by atoms with Crippen molar-refractivity contribution in [2.45, 2.75) is 27.4 Å². The molecule has 0 heterocycles. The molecular formula is C23H26ClNO5. The average molecular weight is 432 g/mol. The number of carbonyl (C=O) groups excluding carboxylic acids is 1. The molecule has 0 fully saturated rings. The van der Waals surface area contributed by atoms with Crippen LogP contribution in [0.4, 0.5) is 0 Å². The predicted molar refractivity (Wildman–Crippen MR) is 117 cm³/mol. The Labute approximate surface area is 181 Å². The standard InChI is InChI=1S/C23H26ClNO5/c1-4-25(5-2)22(26)12-16(3)17-10-11-20(21(13-17)30-15-23(27)28)29-14-18-8-6-7-9-19(18)24/h6-13H,4-5,14-15H2,1-3H3,(H,27,28)/b16-12-. The van der Waals surface area contributed by atoms with Crippen molar-refractivity contribution in [1.29, 1.82) is 0 Å². The lowest BCUT2D eigenvalue weighted by atomic mass is 10.1. The van der Waals surface area contributed by atoms with E-state index in [4.69, 9.17) is 26.2 Å². The number of carboxylic acid groups (broad SMARTS) is 1. The van der Waals surface area contributed by atoms with Crippen LogP contribution in [0.5, 0.6) is 11.5 Å². The highest BCUT2D eigenvalue weighted by molar-refractivity contribution is 6.31. The highest BCUT2D eigenvalue weighted by Gasteiger charge is 2.13. The van der Waals surface area contributed by atoms with Crippen LogP contribution in [0.15, 0.2) is 48.5 Å². The highest BCUT2D eigenvalue weighted by Crippen LogP contribution is 2.32. The summed E-state index contributed by atoms with van der Waals surface area (Å²) in [6.07, 6.45) is 1.56. The first-order valence-electron chi connectivity index (χ1n) is 9.68. The van der Waals surface area contributed by atoms with Gasteiger partial charge in [-0.2, -0.15) is 0 Å². The molecule has 0 bridgehead atoms. The first kappa shape index (κ1) is 23.3. The minimum atomic E-state index is -1.10. The van der Waals surface area contributed by atoms with Crippen molar-refractivity contribution in [2.75, 3.05) is 19.7 Å². The fraction of sp³-hybridized carbons (Fsp3) is 0.304. The molecule has 7 heteroatoms. The summed E-state index contributed by atoms with van der Waals surface area (Å²) < 4.78 is 11.3. The quantitative estimate of drug-likeness (QED) is 0.554. The molecule has 30 heavy (non-hydrogen) atoms. The van der Waals surface area contributed by atoms with Gasteiger partial charge in [0.25, 0.3) is 0 Å². The molecule has 0 aliphatic carbocycles. The fourth-order valence-electron chi connectivity index (χ4n) is 2.79. The van der Waals surface area contributed by atoms with E-state index in [0.29, 0.717) is 23.9 Å². The summed E-state index contributed by atoms with van der Waals surface area (Å²) in [5.41, 5.74) is 2.28. The highest BCUT2D eigenvalue weighted by atomic mass is 35.5. The lowest BCUT2D eigenvalue weighted by Crippen LogP contribution is -2.28. The zero-order valence-corrected chi connectivity index (χ0v) is 18.1. The molecule has 0 spiro atoms. The van der Waals surface area contributed by atoms with Crippen molar-refractivity contribution < 1.29 is 24.2 Å². The van der Waals surface area contributed by atoms with Crippen LogP contribution < -0.4 is 9.47 Å². The first-order valence-corrected chi connectivity index (χ1v) is 10.1. The van der Waals surface area contributed by atoms with Gasteiger partial charge in [0, 0.05) is 29.8 Å². The molecule has 1 amide bonds. The third-order valence-corrected chi connectivity index (χ3v) is 4.88. The molecule has 0 saturated heterocycles. The number of carboxylic acids is 1. The third kappa shape index (κ3) is 6.52. The zero-order chi connectivity index (χ0) is 22.1. The van der Waals surface area contributed by atoms with Crippen molar-refractivity contribution in [2.24, 2.45) is 0 Å². The van der Waals surface area contributed by atoms with Gasteiger partial charge in [0.1, 0.15) is 6.61 Å². The number of amides is 1. The number of aliphatic carboxylic acids is 1. The third-order valence-electron chi connectivity index (χ3n) is 4.51. The Bertz CT molecular complexity index is 922. The Morgan fingerprint density at radius 3 is 2.40 bits per heavy atom. The molecule has 0 saturated carbocycles. The van der Waals surface area contributed by atoms with Crippen LogP contribution in [0.2, 0.25) is 5.02 Å². The normalized spacial score (nSPS) is 11.1. The van der Waals surface area contributed by atoms with Crippen LogP contribution in [0.1, 0.15) is 31.9 Å². The Balaban J connectivity index is 2.27. The maximum absolute atomic E-state index is 12.4. The zero-order valence-electron chi connectivity index (χ0n) is 17.4. The lowest BCUT2D eigenvalue weighted by Gasteiger charge is -2.17. The van der Waals surface area contributed by atoms with E-state index in [1.807, 2.05) is 39.0 Å². The number of hydrogen-bond acceptors (Lipinski definition) is 4. The van der Waals surface area contributed by atoms with Gasteiger partial charge in [0.15, 0.2) is 18.1 Å². The van der Waals surface area contributed by atoms with Crippen molar-refractivity contribution in [3.05, 3.63) is 64.7 Å². The van der Waals surface area contributed by atoms with Crippen LogP contribution >= 0.6 is 11.6 Å². The van der Waals surface area contributed by atoms with Crippen molar-refractivity contribution in [1.82, 2.24) is 4.90 Å². The molecule has 0 aliphatic heterocycles. The van der Waals surface area contributed by atoms with Gasteiger partial charge < -0.3 is 19.5 Å². The molecule has 0 atom stereocenters. The summed E-state index contributed by atoms with van der Waals surface area (Å²) in [5.74, 6) is -0.501. The van der Waals surface area contributed by atoms with E-state index >= 15 is 0 Å². The van der Waals surface area contributed by atoms with E-state index in [0.717, 1.165) is 16.7 Å². The van der Waals surface area contributed by atoms with E-state index in [1.165, 1.54) is 0 Å². The molecule has 2 aromatic rings. The monoisotopic (exact) mass is 431 g/mol. The summed E-state index contributed by atoms with van der Waals surface area (Å²) in [4.78, 5) is 25.0. The van der Waals surface area contributed by atoms with Crippen molar-refractivity contribution >= 4 is 29.1 Å². The summed E-state index contributed by atoms with van der Waals surface area (Å²) in [7, 11) is 0. The molecule has 0 aromatic heterocycles. The number of rotatable bonds is 10. The SMILES string of the molecule is CCN(CC)C(=O)/C=C(/C)c1ccc(OCc2ccccc2Cl)c(OCC(=O)O)c1. The number of halogens is 1. The lowest BCUT2D eigenvalue weighted by molar-refractivity contribution is -0.139. The summed E-state index contributed by atoms with van der Waals surface area (Å²) in [6, 6.07) is 12.5. The Morgan fingerprint density at radius 1 is 1.07 bits per heavy atom. The number of likely N-dealkylation sites (N-methyl/N-ethyl adjacent to an activating group) is 1. The van der Waals surface area contributed by atoms with Crippen LogP contribution in [0.25, 0.3) is 5.57 Å². The van der Waals surface area contributed by atoms with Gasteiger partial charge in [0.2, 0.25) is 5.91 Å². The molecular weight excluding hydrogens is 406 g/mol. The molecule has 1 N–H and O–H groups in total. The summed E-state index contributed by atoms with van der Waals surface area (Å²) in [6.45, 7) is 6.62. The smallest absolute Gasteiger partial charge is 0.341 e. The van der Waals surface area contributed by atoms with E-state index < -0.39 is 12.6 Å². The maximum Gasteiger partial charge on any atom is 0.341 e. The first-order chi connectivity index (χ1) is 14.3. The van der Waals surface area contributed by atoms with E-state index in [2.05, 4.69) is 0 Å². The largest absolute Gasteiger partial charge is 0.485 e. The summed E-state index contributed by atoms with van der Waals surface area (Å²) >= 11 is 6.17. The second-order valence-corrected chi connectivity index (χ2v) is 6.97. The Kier molecular flexibility index (Phi) is 8.74. The number of hydrogen-bond donors (Lipinski definition) is 1. The van der Waals surface area contributed by atoms with Crippen LogP contribution in [-0.4, -0.2) is 41.6 Å². The topological polar surface area (TPSA) is 76.1 Å². The van der Waals surface area contributed by atoms with Gasteiger partial charge in [-0.3, -0.25) is 4.79 Å². The van der Waals surface area contributed by atoms with E-state index in [9.17, 15) is 9.59 Å². The molecule has 160 valence electrons. The molecule has 0 radical (unpaired) electrons. The number of carbonyl (C=O) groups is 2. The second-order valence-electron chi connectivity index (χ2n) is 6.56. The number of allylic oxidation sites excluding steroid dienone is 1.